The Balaban J connectivity index is 4.14. The number of hydrogen-bond donors (Lipinski definition) is 1. The van der Waals surface area contributed by atoms with Crippen molar-refractivity contribution >= 4 is 0 Å². The second-order valence-corrected chi connectivity index (χ2v) is 1.60. The quantitative estimate of drug-likeness (QED) is 0.587. The third kappa shape index (κ3) is 1.82. The number of halogens is 4. The lowest BCUT2D eigenvalue weighted by atomic mass is 10.2. The van der Waals surface area contributed by atoms with Crippen molar-refractivity contribution in [1.82, 2.24) is 0 Å². The van der Waals surface area contributed by atoms with Crippen LogP contribution in [-0.4, -0.2) is 17.1 Å². The molecule has 0 unspecified atom stereocenters. The highest BCUT2D eigenvalue weighted by molar-refractivity contribution is 4.71. The molecule has 0 atom stereocenters. The smallest absolute Gasteiger partial charge is 0.332 e. The van der Waals surface area contributed by atoms with Crippen molar-refractivity contribution in [2.75, 3.05) is 0 Å². The number of alkyl halides is 4. The summed E-state index contributed by atoms with van der Waals surface area (Å²) >= 11 is 0. The number of aliphatic hydroxyl groups is 1. The first-order valence-electron chi connectivity index (χ1n) is 2.29. The molecule has 0 saturated heterocycles. The first-order valence-corrected chi connectivity index (χ1v) is 2.29. The van der Waals surface area contributed by atoms with Gasteiger partial charge in [-0.1, -0.05) is 6.92 Å². The molecule has 1 N–H and O–H groups in total. The Labute approximate surface area is 49.3 Å². The number of rotatable bonds is 2. The normalized spacial score (nSPS) is 14.0. The molecule has 0 aromatic rings. The molecule has 0 bridgehead atoms. The molecule has 0 radical (unpaired) electrons. The maximum Gasteiger partial charge on any atom is 0.416 e. The van der Waals surface area contributed by atoms with Crippen LogP contribution in [0.15, 0.2) is 0 Å². The van der Waals surface area contributed by atoms with Gasteiger partial charge in [-0.2, -0.15) is 17.6 Å². The molecular formula is C4H6F4O. The Kier molecular flexibility index (Phi) is 2.06. The van der Waals surface area contributed by atoms with Gasteiger partial charge in [0.1, 0.15) is 0 Å². The average molecular weight is 146 g/mol. The minimum Gasteiger partial charge on any atom is -0.332 e. The molecule has 0 aliphatic rings. The van der Waals surface area contributed by atoms with Gasteiger partial charge < -0.3 is 5.11 Å². The summed E-state index contributed by atoms with van der Waals surface area (Å²) in [5, 5.41) is 7.46. The van der Waals surface area contributed by atoms with Gasteiger partial charge >= 0.3 is 12.0 Å². The number of hydrogen-bond acceptors (Lipinski definition) is 1. The summed E-state index contributed by atoms with van der Waals surface area (Å²) in [6.07, 6.45) is -5.96. The van der Waals surface area contributed by atoms with E-state index in [0.29, 0.717) is 0 Å². The molecule has 0 spiro atoms. The van der Waals surface area contributed by atoms with Crippen molar-refractivity contribution < 1.29 is 22.7 Å². The fourth-order valence-electron chi connectivity index (χ4n) is 0.213. The zero-order valence-electron chi connectivity index (χ0n) is 4.67. The summed E-state index contributed by atoms with van der Waals surface area (Å²) in [6.45, 7) is 0.865. The lowest BCUT2D eigenvalue weighted by molar-refractivity contribution is -0.325. The van der Waals surface area contributed by atoms with Gasteiger partial charge in [-0.05, 0) is 0 Å². The maximum atomic E-state index is 11.7. The van der Waals surface area contributed by atoms with E-state index in [1.165, 1.54) is 0 Å². The van der Waals surface area contributed by atoms with E-state index in [4.69, 9.17) is 5.11 Å². The minimum absolute atomic E-state index is 0.865. The van der Waals surface area contributed by atoms with Crippen molar-refractivity contribution in [3.8, 4) is 0 Å². The highest BCUT2D eigenvalue weighted by Crippen LogP contribution is 2.33. The maximum absolute atomic E-state index is 11.7. The molecule has 0 saturated carbocycles. The Morgan fingerprint density at radius 1 is 1.22 bits per heavy atom. The molecule has 0 heterocycles. The van der Waals surface area contributed by atoms with E-state index in [1.54, 1.807) is 0 Å². The van der Waals surface area contributed by atoms with E-state index in [0.717, 1.165) is 6.92 Å². The van der Waals surface area contributed by atoms with E-state index < -0.39 is 18.5 Å². The van der Waals surface area contributed by atoms with Gasteiger partial charge in [-0.15, -0.1) is 0 Å². The zero-order valence-corrected chi connectivity index (χ0v) is 4.67. The molecule has 0 aromatic heterocycles. The molecule has 0 amide bonds. The van der Waals surface area contributed by atoms with Gasteiger partial charge in [0.2, 0.25) is 0 Å². The predicted octanol–water partition coefficient (Wildman–Crippen LogP) is 1.62. The van der Waals surface area contributed by atoms with Gasteiger partial charge in [0.05, 0.1) is 0 Å². The van der Waals surface area contributed by atoms with Gasteiger partial charge in [-0.3, -0.25) is 0 Å². The molecule has 1 nitrogen and oxygen atoms in total. The summed E-state index contributed by atoms with van der Waals surface area (Å²) in [5.74, 6) is -4.30. The van der Waals surface area contributed by atoms with Crippen LogP contribution in [0.2, 0.25) is 0 Å². The van der Waals surface area contributed by atoms with Crippen LogP contribution in [0.1, 0.15) is 13.3 Å². The second-order valence-electron chi connectivity index (χ2n) is 1.60. The van der Waals surface area contributed by atoms with Gasteiger partial charge in [0, 0.05) is 6.42 Å². The lowest BCUT2D eigenvalue weighted by Gasteiger charge is -2.18. The van der Waals surface area contributed by atoms with E-state index >= 15 is 0 Å². The van der Waals surface area contributed by atoms with E-state index in [9.17, 15) is 17.6 Å². The Hall–Kier alpha value is -0.320. The highest BCUT2D eigenvalue weighted by atomic mass is 19.3. The van der Waals surface area contributed by atoms with E-state index in [2.05, 4.69) is 0 Å². The molecule has 9 heavy (non-hydrogen) atoms. The molecule has 0 aliphatic heterocycles. The highest BCUT2D eigenvalue weighted by Gasteiger charge is 2.53. The fourth-order valence-corrected chi connectivity index (χ4v) is 0.213. The Bertz CT molecular complexity index is 95.2. The van der Waals surface area contributed by atoms with Crippen LogP contribution in [0.5, 0.6) is 0 Å². The minimum atomic E-state index is -4.89. The summed E-state index contributed by atoms with van der Waals surface area (Å²) in [7, 11) is 0. The predicted molar refractivity (Wildman–Crippen MR) is 22.4 cm³/mol. The van der Waals surface area contributed by atoms with Gasteiger partial charge in [-0.25, -0.2) is 0 Å². The van der Waals surface area contributed by atoms with E-state index in [1.807, 2.05) is 0 Å². The van der Waals surface area contributed by atoms with Crippen molar-refractivity contribution in [2.24, 2.45) is 0 Å². The summed E-state index contributed by atoms with van der Waals surface area (Å²) in [5.41, 5.74) is 0. The van der Waals surface area contributed by atoms with Crippen LogP contribution in [0, 0.1) is 0 Å². The molecule has 0 aliphatic carbocycles. The fraction of sp³-hybridized carbons (Fsp3) is 1.00. The van der Waals surface area contributed by atoms with Crippen LogP contribution in [0.3, 0.4) is 0 Å². The lowest BCUT2D eigenvalue weighted by Crippen LogP contribution is -2.39. The van der Waals surface area contributed by atoms with E-state index in [-0.39, 0.29) is 0 Å². The third-order valence-corrected chi connectivity index (χ3v) is 0.884. The first-order chi connectivity index (χ1) is 3.81. The van der Waals surface area contributed by atoms with Crippen LogP contribution in [0.25, 0.3) is 0 Å². The van der Waals surface area contributed by atoms with Gasteiger partial charge in [0.15, 0.2) is 0 Å². The van der Waals surface area contributed by atoms with Crippen molar-refractivity contribution in [3.63, 3.8) is 0 Å². The largest absolute Gasteiger partial charge is 0.416 e. The summed E-state index contributed by atoms with van der Waals surface area (Å²) in [4.78, 5) is 0. The van der Waals surface area contributed by atoms with Crippen LogP contribution >= 0.6 is 0 Å². The topological polar surface area (TPSA) is 20.2 Å². The molecular weight excluding hydrogens is 140 g/mol. The Morgan fingerprint density at radius 2 is 1.56 bits per heavy atom. The van der Waals surface area contributed by atoms with Crippen LogP contribution in [-0.2, 0) is 0 Å². The summed E-state index contributed by atoms with van der Waals surface area (Å²) < 4.78 is 45.9. The second kappa shape index (κ2) is 2.13. The SMILES string of the molecule is CCC(F)(F)C(O)(F)F. The van der Waals surface area contributed by atoms with Crippen LogP contribution in [0.4, 0.5) is 17.6 Å². The molecule has 5 heteroatoms. The van der Waals surface area contributed by atoms with Gasteiger partial charge in [0.25, 0.3) is 0 Å². The molecule has 0 fully saturated rings. The molecule has 0 aromatic carbocycles. The summed E-state index contributed by atoms with van der Waals surface area (Å²) in [6, 6.07) is 0. The zero-order chi connectivity index (χ0) is 7.71. The van der Waals surface area contributed by atoms with Crippen molar-refractivity contribution in [3.05, 3.63) is 0 Å². The molecule has 0 rings (SSSR count). The Morgan fingerprint density at radius 3 is 1.56 bits per heavy atom. The van der Waals surface area contributed by atoms with Crippen molar-refractivity contribution in [2.45, 2.75) is 25.4 Å². The molecule has 56 valence electrons. The van der Waals surface area contributed by atoms with Crippen molar-refractivity contribution in [1.29, 1.82) is 0 Å². The monoisotopic (exact) mass is 146 g/mol. The average Bonchev–Trinajstić information content (AvgIpc) is 1.64. The third-order valence-electron chi connectivity index (χ3n) is 0.884. The van der Waals surface area contributed by atoms with Crippen LogP contribution < -0.4 is 0 Å². The standard InChI is InChI=1S/C4H6F4O/c1-2-3(5,6)4(7,8)9/h9H,2H2,1H3. The first kappa shape index (κ1) is 8.68.